The van der Waals surface area contributed by atoms with Crippen LogP contribution in [0.2, 0.25) is 0 Å². The van der Waals surface area contributed by atoms with E-state index in [2.05, 4.69) is 191 Å². The maximum atomic E-state index is 2.48. The van der Waals surface area contributed by atoms with E-state index in [9.17, 15) is 0 Å². The van der Waals surface area contributed by atoms with Gasteiger partial charge < -0.3 is 9.13 Å². The van der Waals surface area contributed by atoms with E-state index in [1.165, 1.54) is 86.0 Å². The van der Waals surface area contributed by atoms with Gasteiger partial charge in [-0.3, -0.25) is 0 Å². The normalized spacial score (nSPS) is 11.9. The Hall–Kier alpha value is -6.42. The first-order chi connectivity index (χ1) is 25.3. The van der Waals surface area contributed by atoms with Crippen LogP contribution in [0.3, 0.4) is 0 Å². The summed E-state index contributed by atoms with van der Waals surface area (Å²) in [5.41, 5.74) is 12.1. The molecule has 0 radical (unpaired) electrons. The predicted molar refractivity (Wildman–Crippen MR) is 219 cm³/mol. The minimum absolute atomic E-state index is 1.16. The van der Waals surface area contributed by atoms with Gasteiger partial charge in [-0.1, -0.05) is 127 Å². The SMILES string of the molecule is c1ccc(-c2cccc(-n3c4ccccc4c4c3ccc3c5ccccc5n(-c5ccc(-c6ccc7c(c6)sc6ccccc67)cc5)c34)c2)cc1. The zero-order valence-electron chi connectivity index (χ0n) is 27.6. The second kappa shape index (κ2) is 11.0. The van der Waals surface area contributed by atoms with Crippen molar-refractivity contribution in [2.75, 3.05) is 0 Å². The minimum Gasteiger partial charge on any atom is -0.309 e. The molecule has 0 spiro atoms. The van der Waals surface area contributed by atoms with Gasteiger partial charge >= 0.3 is 0 Å². The molecule has 0 aliphatic carbocycles. The van der Waals surface area contributed by atoms with Crippen LogP contribution in [0.4, 0.5) is 0 Å². The van der Waals surface area contributed by atoms with Crippen LogP contribution in [0.15, 0.2) is 182 Å². The van der Waals surface area contributed by atoms with Crippen LogP contribution in [-0.2, 0) is 0 Å². The maximum Gasteiger partial charge on any atom is 0.0641 e. The van der Waals surface area contributed by atoms with Gasteiger partial charge in [0.15, 0.2) is 0 Å². The lowest BCUT2D eigenvalue weighted by molar-refractivity contribution is 1.17. The highest BCUT2D eigenvalue weighted by atomic mass is 32.1. The fourth-order valence-corrected chi connectivity index (χ4v) is 9.36. The molecular formula is C48H30N2S. The molecule has 0 amide bonds. The molecule has 0 unspecified atom stereocenters. The Kier molecular flexibility index (Phi) is 6.16. The maximum absolute atomic E-state index is 2.48. The summed E-state index contributed by atoms with van der Waals surface area (Å²) in [6, 6.07) is 66.6. The van der Waals surface area contributed by atoms with Gasteiger partial charge in [-0.15, -0.1) is 11.3 Å². The molecule has 3 heteroatoms. The van der Waals surface area contributed by atoms with Gasteiger partial charge in [-0.05, 0) is 76.9 Å². The van der Waals surface area contributed by atoms with Gasteiger partial charge in [-0.25, -0.2) is 0 Å². The predicted octanol–water partition coefficient (Wildman–Crippen LogP) is 13.6. The summed E-state index contributed by atoms with van der Waals surface area (Å²) in [5.74, 6) is 0. The summed E-state index contributed by atoms with van der Waals surface area (Å²) in [5, 5.41) is 7.71. The lowest BCUT2D eigenvalue weighted by atomic mass is 10.0. The molecule has 0 saturated heterocycles. The van der Waals surface area contributed by atoms with Crippen molar-refractivity contribution < 1.29 is 0 Å². The van der Waals surface area contributed by atoms with Crippen LogP contribution in [0.25, 0.3) is 97.4 Å². The average Bonchev–Trinajstić information content (AvgIpc) is 3.86. The first kappa shape index (κ1) is 28.4. The van der Waals surface area contributed by atoms with Crippen LogP contribution in [-0.4, -0.2) is 9.13 Å². The summed E-state index contributed by atoms with van der Waals surface area (Å²) < 4.78 is 7.57. The van der Waals surface area contributed by atoms with Crippen molar-refractivity contribution in [2.45, 2.75) is 0 Å². The van der Waals surface area contributed by atoms with Crippen LogP contribution in [0, 0.1) is 0 Å². The zero-order valence-corrected chi connectivity index (χ0v) is 28.4. The Labute approximate surface area is 298 Å². The first-order valence-corrected chi connectivity index (χ1v) is 18.3. The van der Waals surface area contributed by atoms with Gasteiger partial charge in [0.2, 0.25) is 0 Å². The van der Waals surface area contributed by atoms with Crippen molar-refractivity contribution in [3.63, 3.8) is 0 Å². The summed E-state index contributed by atoms with van der Waals surface area (Å²) in [6.45, 7) is 0. The Morgan fingerprint density at radius 3 is 1.76 bits per heavy atom. The number of hydrogen-bond acceptors (Lipinski definition) is 1. The minimum atomic E-state index is 1.16. The lowest BCUT2D eigenvalue weighted by Gasteiger charge is -2.12. The zero-order chi connectivity index (χ0) is 33.5. The van der Waals surface area contributed by atoms with Crippen molar-refractivity contribution in [1.29, 1.82) is 0 Å². The number of para-hydroxylation sites is 2. The molecule has 3 aromatic heterocycles. The Morgan fingerprint density at radius 2 is 0.922 bits per heavy atom. The Bertz CT molecular complexity index is 3120. The van der Waals surface area contributed by atoms with E-state index >= 15 is 0 Å². The van der Waals surface area contributed by atoms with Gasteiger partial charge in [0.1, 0.15) is 0 Å². The molecule has 8 aromatic carbocycles. The van der Waals surface area contributed by atoms with E-state index in [1.54, 1.807) is 0 Å². The third-order valence-corrected chi connectivity index (χ3v) is 11.7. The Balaban J connectivity index is 1.13. The molecule has 0 aliphatic heterocycles. The molecule has 0 saturated carbocycles. The topological polar surface area (TPSA) is 9.86 Å². The number of rotatable bonds is 4. The standard InChI is InChI=1S/C48H30N2S/c1-2-11-31(12-3-1)33-13-10-14-36(29-33)49-43-19-8-5-17-41(43)47-44(49)28-27-40-37-15-4-7-18-42(37)50(48(40)47)35-24-21-32(22-25-35)34-23-26-39-38-16-6-9-20-45(38)51-46(39)30-34/h1-30H. The number of nitrogens with zero attached hydrogens (tertiary/aromatic N) is 2. The van der Waals surface area contributed by atoms with Crippen LogP contribution in [0.1, 0.15) is 0 Å². The van der Waals surface area contributed by atoms with E-state index in [1.807, 2.05) is 11.3 Å². The molecule has 2 nitrogen and oxygen atoms in total. The molecule has 0 bridgehead atoms. The third kappa shape index (κ3) is 4.29. The number of hydrogen-bond donors (Lipinski definition) is 0. The largest absolute Gasteiger partial charge is 0.309 e. The summed E-state index contributed by atoms with van der Waals surface area (Å²) in [7, 11) is 0. The van der Waals surface area contributed by atoms with Crippen molar-refractivity contribution in [2.24, 2.45) is 0 Å². The molecule has 51 heavy (non-hydrogen) atoms. The van der Waals surface area contributed by atoms with Gasteiger partial charge in [-0.2, -0.15) is 0 Å². The molecule has 11 rings (SSSR count). The molecule has 238 valence electrons. The lowest BCUT2D eigenvalue weighted by Crippen LogP contribution is -1.96. The van der Waals surface area contributed by atoms with Gasteiger partial charge in [0, 0.05) is 53.1 Å². The van der Waals surface area contributed by atoms with E-state index in [-0.39, 0.29) is 0 Å². The second-order valence-electron chi connectivity index (χ2n) is 13.3. The first-order valence-electron chi connectivity index (χ1n) is 17.4. The number of benzene rings is 8. The number of thiophene rings is 1. The van der Waals surface area contributed by atoms with E-state index in [4.69, 9.17) is 0 Å². The molecule has 0 atom stereocenters. The van der Waals surface area contributed by atoms with E-state index in [0.29, 0.717) is 0 Å². The summed E-state index contributed by atoms with van der Waals surface area (Å²) in [4.78, 5) is 0. The fourth-order valence-electron chi connectivity index (χ4n) is 8.22. The van der Waals surface area contributed by atoms with Crippen LogP contribution >= 0.6 is 11.3 Å². The fraction of sp³-hybridized carbons (Fsp3) is 0. The number of aromatic nitrogens is 2. The van der Waals surface area contributed by atoms with Crippen molar-refractivity contribution in [3.05, 3.63) is 182 Å². The highest BCUT2D eigenvalue weighted by Crippen LogP contribution is 2.43. The molecular weight excluding hydrogens is 637 g/mol. The van der Waals surface area contributed by atoms with E-state index < -0.39 is 0 Å². The average molecular weight is 667 g/mol. The number of fused-ring (bicyclic) bond motifs is 10. The van der Waals surface area contributed by atoms with Crippen molar-refractivity contribution >= 4 is 75.1 Å². The third-order valence-electron chi connectivity index (χ3n) is 10.5. The monoisotopic (exact) mass is 666 g/mol. The highest BCUT2D eigenvalue weighted by molar-refractivity contribution is 7.25. The molecule has 11 aromatic rings. The molecule has 0 aliphatic rings. The van der Waals surface area contributed by atoms with Crippen LogP contribution in [0.5, 0.6) is 0 Å². The molecule has 0 N–H and O–H groups in total. The quantitative estimate of drug-likeness (QED) is 0.177. The Morgan fingerprint density at radius 1 is 0.314 bits per heavy atom. The molecule has 0 fully saturated rings. The summed E-state index contributed by atoms with van der Waals surface area (Å²) in [6.07, 6.45) is 0. The second-order valence-corrected chi connectivity index (χ2v) is 14.4. The summed E-state index contributed by atoms with van der Waals surface area (Å²) >= 11 is 1.87. The smallest absolute Gasteiger partial charge is 0.0641 e. The van der Waals surface area contributed by atoms with Crippen molar-refractivity contribution in [1.82, 2.24) is 9.13 Å². The van der Waals surface area contributed by atoms with Crippen LogP contribution < -0.4 is 0 Å². The van der Waals surface area contributed by atoms with Gasteiger partial charge in [0.05, 0.1) is 22.1 Å². The molecule has 3 heterocycles. The van der Waals surface area contributed by atoms with Gasteiger partial charge in [0.25, 0.3) is 0 Å². The highest BCUT2D eigenvalue weighted by Gasteiger charge is 2.21. The van der Waals surface area contributed by atoms with E-state index in [0.717, 1.165) is 11.4 Å². The van der Waals surface area contributed by atoms with Crippen molar-refractivity contribution in [3.8, 4) is 33.6 Å².